The summed E-state index contributed by atoms with van der Waals surface area (Å²) in [6.45, 7) is 2.87. The highest BCUT2D eigenvalue weighted by Gasteiger charge is 2.31. The molecule has 2 amide bonds. The van der Waals surface area contributed by atoms with Crippen molar-refractivity contribution < 1.29 is 18.0 Å². The second-order valence-corrected chi connectivity index (χ2v) is 9.05. The normalized spacial score (nSPS) is 15.2. The number of benzene rings is 2. The lowest BCUT2D eigenvalue weighted by Gasteiger charge is -2.34. The third-order valence-corrected chi connectivity index (χ3v) is 7.12. The van der Waals surface area contributed by atoms with Crippen LogP contribution in [-0.4, -0.2) is 55.6 Å². The van der Waals surface area contributed by atoms with Crippen LogP contribution < -0.4 is 5.32 Å². The van der Waals surface area contributed by atoms with Gasteiger partial charge in [0.25, 0.3) is 5.91 Å². The first kappa shape index (κ1) is 21.3. The fraction of sp³-hybridized carbons (Fsp3) is 0.300. The standard InChI is InChI=1S/C20H22ClN3O4S/c1-15(25)22-14-16-6-8-17(9-7-16)20(26)23-10-12-24(13-11-23)29(27,28)19-5-3-2-4-18(19)21/h2-9H,10-14H2,1H3,(H,22,25). The van der Waals surface area contributed by atoms with Crippen molar-refractivity contribution in [2.24, 2.45) is 0 Å². The Morgan fingerprint density at radius 1 is 1.00 bits per heavy atom. The summed E-state index contributed by atoms with van der Waals surface area (Å²) in [5.41, 5.74) is 1.42. The van der Waals surface area contributed by atoms with E-state index >= 15 is 0 Å². The van der Waals surface area contributed by atoms with E-state index in [1.807, 2.05) is 0 Å². The second-order valence-electron chi connectivity index (χ2n) is 6.73. The van der Waals surface area contributed by atoms with Gasteiger partial charge in [-0.1, -0.05) is 35.9 Å². The van der Waals surface area contributed by atoms with E-state index in [-0.39, 0.29) is 34.8 Å². The van der Waals surface area contributed by atoms with Crippen molar-refractivity contribution >= 4 is 33.4 Å². The summed E-state index contributed by atoms with van der Waals surface area (Å²) in [6, 6.07) is 13.4. The van der Waals surface area contributed by atoms with Crippen molar-refractivity contribution in [3.05, 3.63) is 64.7 Å². The van der Waals surface area contributed by atoms with Crippen LogP contribution in [0.4, 0.5) is 0 Å². The van der Waals surface area contributed by atoms with Crippen LogP contribution in [-0.2, 0) is 21.4 Å². The van der Waals surface area contributed by atoms with E-state index < -0.39 is 10.0 Å². The van der Waals surface area contributed by atoms with Gasteiger partial charge in [-0.25, -0.2) is 8.42 Å². The fourth-order valence-electron chi connectivity index (χ4n) is 3.10. The Morgan fingerprint density at radius 2 is 1.62 bits per heavy atom. The fourth-order valence-corrected chi connectivity index (χ4v) is 5.01. The number of piperazine rings is 1. The van der Waals surface area contributed by atoms with E-state index in [0.29, 0.717) is 25.2 Å². The summed E-state index contributed by atoms with van der Waals surface area (Å²) in [5, 5.41) is 2.89. The number of amides is 2. The third kappa shape index (κ3) is 4.95. The maximum atomic E-state index is 12.8. The van der Waals surface area contributed by atoms with Gasteiger partial charge in [-0.2, -0.15) is 4.31 Å². The third-order valence-electron chi connectivity index (χ3n) is 4.72. The molecular weight excluding hydrogens is 414 g/mol. The van der Waals surface area contributed by atoms with Gasteiger partial charge in [-0.3, -0.25) is 9.59 Å². The smallest absolute Gasteiger partial charge is 0.253 e. The molecule has 1 fully saturated rings. The van der Waals surface area contributed by atoms with Gasteiger partial charge < -0.3 is 10.2 Å². The van der Waals surface area contributed by atoms with Crippen molar-refractivity contribution in [3.8, 4) is 0 Å². The summed E-state index contributed by atoms with van der Waals surface area (Å²) in [4.78, 5) is 25.4. The monoisotopic (exact) mass is 435 g/mol. The first-order valence-corrected chi connectivity index (χ1v) is 11.0. The topological polar surface area (TPSA) is 86.8 Å². The lowest BCUT2D eigenvalue weighted by atomic mass is 10.1. The van der Waals surface area contributed by atoms with Crippen LogP contribution in [0.3, 0.4) is 0 Å². The zero-order chi connectivity index (χ0) is 21.0. The average Bonchev–Trinajstić information content (AvgIpc) is 2.72. The number of hydrogen-bond acceptors (Lipinski definition) is 4. The highest BCUT2D eigenvalue weighted by molar-refractivity contribution is 7.89. The van der Waals surface area contributed by atoms with E-state index in [1.54, 1.807) is 47.4 Å². The maximum Gasteiger partial charge on any atom is 0.253 e. The Labute approximate surface area is 175 Å². The van der Waals surface area contributed by atoms with Crippen LogP contribution >= 0.6 is 11.6 Å². The molecule has 1 saturated heterocycles. The first-order valence-electron chi connectivity index (χ1n) is 9.16. The molecule has 0 unspecified atom stereocenters. The molecule has 3 rings (SSSR count). The van der Waals surface area contributed by atoms with Crippen LogP contribution in [0, 0.1) is 0 Å². The van der Waals surface area contributed by atoms with E-state index in [4.69, 9.17) is 11.6 Å². The second kappa shape index (κ2) is 8.94. The lowest BCUT2D eigenvalue weighted by Crippen LogP contribution is -2.50. The number of carbonyl (C=O) groups excluding carboxylic acids is 2. The number of hydrogen-bond donors (Lipinski definition) is 1. The van der Waals surface area contributed by atoms with Gasteiger partial charge in [0, 0.05) is 45.2 Å². The Balaban J connectivity index is 1.62. The van der Waals surface area contributed by atoms with Crippen LogP contribution in [0.2, 0.25) is 5.02 Å². The largest absolute Gasteiger partial charge is 0.352 e. The molecule has 0 saturated carbocycles. The Bertz CT molecular complexity index is 1000. The molecule has 154 valence electrons. The van der Waals surface area contributed by atoms with E-state index in [0.717, 1.165) is 5.56 Å². The molecule has 1 aliphatic rings. The van der Waals surface area contributed by atoms with Crippen molar-refractivity contribution in [2.75, 3.05) is 26.2 Å². The minimum atomic E-state index is -3.70. The molecule has 2 aromatic rings. The van der Waals surface area contributed by atoms with Crippen molar-refractivity contribution in [2.45, 2.75) is 18.4 Å². The molecule has 7 nitrogen and oxygen atoms in total. The Hall–Kier alpha value is -2.42. The van der Waals surface area contributed by atoms with Crippen LogP contribution in [0.25, 0.3) is 0 Å². The molecule has 2 aromatic carbocycles. The van der Waals surface area contributed by atoms with Crippen molar-refractivity contribution in [3.63, 3.8) is 0 Å². The molecule has 0 radical (unpaired) electrons. The summed E-state index contributed by atoms with van der Waals surface area (Å²) >= 11 is 6.05. The molecule has 0 spiro atoms. The number of nitrogens with zero attached hydrogens (tertiary/aromatic N) is 2. The number of nitrogens with one attached hydrogen (secondary N) is 1. The quantitative estimate of drug-likeness (QED) is 0.779. The van der Waals surface area contributed by atoms with Gasteiger partial charge in [0.1, 0.15) is 4.90 Å². The molecule has 0 aliphatic carbocycles. The minimum Gasteiger partial charge on any atom is -0.352 e. The van der Waals surface area contributed by atoms with Crippen LogP contribution in [0.1, 0.15) is 22.8 Å². The lowest BCUT2D eigenvalue weighted by molar-refractivity contribution is -0.119. The van der Waals surface area contributed by atoms with Gasteiger partial charge in [-0.15, -0.1) is 0 Å². The predicted octanol–water partition coefficient (Wildman–Crippen LogP) is 2.12. The van der Waals surface area contributed by atoms with Crippen LogP contribution in [0.15, 0.2) is 53.4 Å². The summed E-state index contributed by atoms with van der Waals surface area (Å²) < 4.78 is 27.0. The van der Waals surface area contributed by atoms with Gasteiger partial charge in [-0.05, 0) is 29.8 Å². The SMILES string of the molecule is CC(=O)NCc1ccc(C(=O)N2CCN(S(=O)(=O)c3ccccc3Cl)CC2)cc1. The van der Waals surface area contributed by atoms with E-state index in [9.17, 15) is 18.0 Å². The molecule has 0 bridgehead atoms. The average molecular weight is 436 g/mol. The Kier molecular flexibility index (Phi) is 6.56. The minimum absolute atomic E-state index is 0.0798. The molecule has 1 heterocycles. The van der Waals surface area contributed by atoms with E-state index in [2.05, 4.69) is 5.32 Å². The summed E-state index contributed by atoms with van der Waals surface area (Å²) in [7, 11) is -3.70. The number of halogens is 1. The van der Waals surface area contributed by atoms with Crippen LogP contribution in [0.5, 0.6) is 0 Å². The molecule has 9 heteroatoms. The van der Waals surface area contributed by atoms with Gasteiger partial charge in [0.2, 0.25) is 15.9 Å². The van der Waals surface area contributed by atoms with E-state index in [1.165, 1.54) is 17.3 Å². The molecule has 1 aliphatic heterocycles. The number of carbonyl (C=O) groups is 2. The van der Waals surface area contributed by atoms with Crippen molar-refractivity contribution in [1.29, 1.82) is 0 Å². The first-order chi connectivity index (χ1) is 13.8. The molecule has 29 heavy (non-hydrogen) atoms. The van der Waals surface area contributed by atoms with Gasteiger partial charge in [0.05, 0.1) is 5.02 Å². The highest BCUT2D eigenvalue weighted by atomic mass is 35.5. The van der Waals surface area contributed by atoms with Gasteiger partial charge in [0.15, 0.2) is 0 Å². The zero-order valence-electron chi connectivity index (χ0n) is 16.0. The van der Waals surface area contributed by atoms with Crippen molar-refractivity contribution in [1.82, 2.24) is 14.5 Å². The number of rotatable bonds is 5. The summed E-state index contributed by atoms with van der Waals surface area (Å²) in [5.74, 6) is -0.263. The highest BCUT2D eigenvalue weighted by Crippen LogP contribution is 2.25. The maximum absolute atomic E-state index is 12.8. The molecule has 0 atom stereocenters. The van der Waals surface area contributed by atoms with Gasteiger partial charge >= 0.3 is 0 Å². The molecular formula is C20H22ClN3O4S. The molecule has 0 aromatic heterocycles. The zero-order valence-corrected chi connectivity index (χ0v) is 17.5. The molecule has 1 N–H and O–H groups in total. The predicted molar refractivity (Wildman–Crippen MR) is 110 cm³/mol. The number of sulfonamides is 1. The Morgan fingerprint density at radius 3 is 2.21 bits per heavy atom. The summed E-state index contributed by atoms with van der Waals surface area (Å²) in [6.07, 6.45) is 0.